The molecule has 0 aliphatic rings. The number of amides is 1. The molecular formula is C8H11F3N4O2. The Labute approximate surface area is 94.3 Å². The number of hydrogen-bond acceptors (Lipinski definition) is 4. The van der Waals surface area contributed by atoms with Gasteiger partial charge in [-0.3, -0.25) is 9.89 Å². The van der Waals surface area contributed by atoms with E-state index in [1.807, 2.05) is 0 Å². The molecular weight excluding hydrogens is 241 g/mol. The molecule has 0 bridgehead atoms. The third kappa shape index (κ3) is 4.72. The van der Waals surface area contributed by atoms with Gasteiger partial charge in [0, 0.05) is 6.54 Å². The first-order valence-electron chi connectivity index (χ1n) is 4.61. The molecule has 4 N–H and O–H groups in total. The Morgan fingerprint density at radius 3 is 2.82 bits per heavy atom. The summed E-state index contributed by atoms with van der Waals surface area (Å²) >= 11 is 0. The van der Waals surface area contributed by atoms with Crippen molar-refractivity contribution in [1.82, 2.24) is 15.5 Å². The molecule has 1 rings (SSSR count). The predicted molar refractivity (Wildman–Crippen MR) is 52.2 cm³/mol. The van der Waals surface area contributed by atoms with Crippen molar-refractivity contribution in [3.8, 4) is 0 Å². The average molecular weight is 252 g/mol. The Hall–Kier alpha value is -1.77. The van der Waals surface area contributed by atoms with Gasteiger partial charge in [0.05, 0.1) is 18.5 Å². The fourth-order valence-corrected chi connectivity index (χ4v) is 0.990. The van der Waals surface area contributed by atoms with Gasteiger partial charge in [0.25, 0.3) is 5.91 Å². The fraction of sp³-hybridized carbons (Fsp3) is 0.500. The molecule has 6 nitrogen and oxygen atoms in total. The summed E-state index contributed by atoms with van der Waals surface area (Å²) in [7, 11) is 0. The zero-order valence-electron chi connectivity index (χ0n) is 8.67. The molecule has 1 aromatic heterocycles. The number of H-pyrrole nitrogens is 1. The molecule has 0 fully saturated rings. The van der Waals surface area contributed by atoms with Gasteiger partial charge in [-0.05, 0) is 0 Å². The van der Waals surface area contributed by atoms with Crippen LogP contribution in [0.1, 0.15) is 10.5 Å². The highest BCUT2D eigenvalue weighted by atomic mass is 19.4. The third-order valence-electron chi connectivity index (χ3n) is 1.69. The number of anilines is 1. The monoisotopic (exact) mass is 252 g/mol. The van der Waals surface area contributed by atoms with E-state index in [4.69, 9.17) is 5.73 Å². The SMILES string of the molecule is Nc1cn[nH]c1C(=O)NCCOCC(F)(F)F. The Morgan fingerprint density at radius 2 is 2.29 bits per heavy atom. The second-order valence-electron chi connectivity index (χ2n) is 3.12. The summed E-state index contributed by atoms with van der Waals surface area (Å²) in [5.41, 5.74) is 5.63. The molecule has 0 spiro atoms. The molecule has 1 heterocycles. The molecule has 0 unspecified atom stereocenters. The molecule has 0 aliphatic heterocycles. The summed E-state index contributed by atoms with van der Waals surface area (Å²) in [5, 5.41) is 8.22. The largest absolute Gasteiger partial charge is 0.411 e. The summed E-state index contributed by atoms with van der Waals surface area (Å²) in [5.74, 6) is -0.546. The number of ether oxygens (including phenoxy) is 1. The van der Waals surface area contributed by atoms with Crippen molar-refractivity contribution in [1.29, 1.82) is 0 Å². The van der Waals surface area contributed by atoms with Crippen LogP contribution in [0.4, 0.5) is 18.9 Å². The maximum Gasteiger partial charge on any atom is 0.411 e. The molecule has 0 radical (unpaired) electrons. The summed E-state index contributed by atoms with van der Waals surface area (Å²) in [4.78, 5) is 11.3. The molecule has 0 atom stereocenters. The highest BCUT2D eigenvalue weighted by Gasteiger charge is 2.27. The molecule has 1 aromatic rings. The van der Waals surface area contributed by atoms with Crippen molar-refractivity contribution >= 4 is 11.6 Å². The lowest BCUT2D eigenvalue weighted by Crippen LogP contribution is -2.29. The maximum atomic E-state index is 11.7. The molecule has 0 saturated carbocycles. The lowest BCUT2D eigenvalue weighted by Gasteiger charge is -2.08. The van der Waals surface area contributed by atoms with E-state index in [1.165, 1.54) is 6.20 Å². The van der Waals surface area contributed by atoms with E-state index in [1.54, 1.807) is 0 Å². The van der Waals surface area contributed by atoms with Gasteiger partial charge < -0.3 is 15.8 Å². The van der Waals surface area contributed by atoms with Crippen molar-refractivity contribution in [3.05, 3.63) is 11.9 Å². The van der Waals surface area contributed by atoms with Gasteiger partial charge in [0.1, 0.15) is 12.3 Å². The van der Waals surface area contributed by atoms with Crippen LogP contribution >= 0.6 is 0 Å². The number of halogens is 3. The Bertz CT molecular complexity index is 377. The van der Waals surface area contributed by atoms with Crippen molar-refractivity contribution in [2.75, 3.05) is 25.5 Å². The number of alkyl halides is 3. The molecule has 0 saturated heterocycles. The minimum absolute atomic E-state index is 0.0482. The standard InChI is InChI=1S/C8H11F3N4O2/c9-8(10,11)4-17-2-1-13-7(16)6-5(12)3-14-15-6/h3H,1-2,4,12H2,(H,13,16)(H,14,15). The summed E-state index contributed by atoms with van der Waals surface area (Å²) in [6, 6.07) is 0. The van der Waals surface area contributed by atoms with Crippen LogP contribution in [0.15, 0.2) is 6.20 Å². The van der Waals surface area contributed by atoms with E-state index in [0.29, 0.717) is 0 Å². The fourth-order valence-electron chi connectivity index (χ4n) is 0.990. The van der Waals surface area contributed by atoms with Crippen LogP contribution in [0.25, 0.3) is 0 Å². The van der Waals surface area contributed by atoms with Crippen LogP contribution in [0, 0.1) is 0 Å². The van der Waals surface area contributed by atoms with Gasteiger partial charge in [0.15, 0.2) is 0 Å². The van der Waals surface area contributed by atoms with Gasteiger partial charge in [-0.25, -0.2) is 0 Å². The van der Waals surface area contributed by atoms with Crippen molar-refractivity contribution < 1.29 is 22.7 Å². The zero-order valence-corrected chi connectivity index (χ0v) is 8.67. The number of aromatic nitrogens is 2. The topological polar surface area (TPSA) is 93.0 Å². The second kappa shape index (κ2) is 5.53. The molecule has 1 amide bonds. The number of carbonyl (C=O) groups excluding carboxylic acids is 1. The summed E-state index contributed by atoms with van der Waals surface area (Å²) < 4.78 is 39.3. The zero-order chi connectivity index (χ0) is 12.9. The Morgan fingerprint density at radius 1 is 1.59 bits per heavy atom. The molecule has 9 heteroatoms. The van der Waals surface area contributed by atoms with Gasteiger partial charge in [0.2, 0.25) is 0 Å². The number of nitrogen functional groups attached to an aromatic ring is 1. The third-order valence-corrected chi connectivity index (χ3v) is 1.69. The van der Waals surface area contributed by atoms with Crippen LogP contribution in [0.5, 0.6) is 0 Å². The van der Waals surface area contributed by atoms with Crippen molar-refractivity contribution in [3.63, 3.8) is 0 Å². The van der Waals surface area contributed by atoms with E-state index in [2.05, 4.69) is 20.3 Å². The first-order chi connectivity index (χ1) is 7.90. The number of hydrogen-bond donors (Lipinski definition) is 3. The van der Waals surface area contributed by atoms with Crippen molar-refractivity contribution in [2.45, 2.75) is 6.18 Å². The minimum Gasteiger partial charge on any atom is -0.396 e. The van der Waals surface area contributed by atoms with E-state index in [9.17, 15) is 18.0 Å². The smallest absolute Gasteiger partial charge is 0.396 e. The lowest BCUT2D eigenvalue weighted by molar-refractivity contribution is -0.173. The van der Waals surface area contributed by atoms with Gasteiger partial charge in [-0.1, -0.05) is 0 Å². The highest BCUT2D eigenvalue weighted by molar-refractivity contribution is 5.96. The average Bonchev–Trinajstić information content (AvgIpc) is 2.62. The number of rotatable bonds is 5. The minimum atomic E-state index is -4.36. The first kappa shape index (κ1) is 13.3. The van der Waals surface area contributed by atoms with E-state index in [0.717, 1.165) is 0 Å². The normalized spacial score (nSPS) is 11.5. The number of nitrogens with zero attached hydrogens (tertiary/aromatic N) is 1. The molecule has 96 valence electrons. The number of aromatic amines is 1. The van der Waals surface area contributed by atoms with E-state index < -0.39 is 18.7 Å². The van der Waals surface area contributed by atoms with Crippen LogP contribution in [-0.4, -0.2) is 42.0 Å². The number of nitrogens with one attached hydrogen (secondary N) is 2. The summed E-state index contributed by atoms with van der Waals surface area (Å²) in [6.07, 6.45) is -3.10. The van der Waals surface area contributed by atoms with Crippen LogP contribution in [0.2, 0.25) is 0 Å². The number of nitrogens with two attached hydrogens (primary N) is 1. The molecule has 0 aromatic carbocycles. The van der Waals surface area contributed by atoms with E-state index in [-0.39, 0.29) is 24.5 Å². The number of carbonyl (C=O) groups is 1. The van der Waals surface area contributed by atoms with Gasteiger partial charge in [-0.2, -0.15) is 18.3 Å². The maximum absolute atomic E-state index is 11.7. The van der Waals surface area contributed by atoms with Crippen LogP contribution < -0.4 is 11.1 Å². The highest BCUT2D eigenvalue weighted by Crippen LogP contribution is 2.13. The van der Waals surface area contributed by atoms with Gasteiger partial charge >= 0.3 is 6.18 Å². The van der Waals surface area contributed by atoms with Crippen LogP contribution in [0.3, 0.4) is 0 Å². The quantitative estimate of drug-likeness (QED) is 0.657. The van der Waals surface area contributed by atoms with E-state index >= 15 is 0 Å². The van der Waals surface area contributed by atoms with Gasteiger partial charge in [-0.15, -0.1) is 0 Å². The lowest BCUT2D eigenvalue weighted by atomic mass is 10.3. The summed E-state index contributed by atoms with van der Waals surface area (Å²) in [6.45, 7) is -1.62. The molecule has 17 heavy (non-hydrogen) atoms. The second-order valence-corrected chi connectivity index (χ2v) is 3.12. The Kier molecular flexibility index (Phi) is 4.32. The molecule has 0 aliphatic carbocycles. The van der Waals surface area contributed by atoms with Crippen LogP contribution in [-0.2, 0) is 4.74 Å². The van der Waals surface area contributed by atoms with Crippen molar-refractivity contribution in [2.24, 2.45) is 0 Å². The Balaban J connectivity index is 2.20. The first-order valence-corrected chi connectivity index (χ1v) is 4.61. The predicted octanol–water partition coefficient (Wildman–Crippen LogP) is 0.301.